The Balaban J connectivity index is 0.000000373. The van der Waals surface area contributed by atoms with Crippen LogP contribution >= 0.6 is 142 Å². The summed E-state index contributed by atoms with van der Waals surface area (Å²) in [6.45, 7) is 24.3. The molecule has 0 atom stereocenters. The number of methoxy groups -OCH3 is 1. The van der Waals surface area contributed by atoms with E-state index in [9.17, 15) is 24.4 Å². The number of halogens is 11. The van der Waals surface area contributed by atoms with E-state index in [-0.39, 0.29) is 23.9 Å². The Kier molecular flexibility index (Phi) is 51.2. The van der Waals surface area contributed by atoms with Crippen LogP contribution in [0.3, 0.4) is 0 Å². The van der Waals surface area contributed by atoms with E-state index in [0.29, 0.717) is 77.8 Å². The maximum absolute atomic E-state index is 9.57. The molecule has 9 heterocycles. The minimum Gasteiger partial charge on any atom is -0.508 e. The second kappa shape index (κ2) is 57.6. The molecule has 12 N–H and O–H groups in total. The Morgan fingerprint density at radius 1 is 0.597 bits per heavy atom. The second-order valence-electron chi connectivity index (χ2n) is 26.3. The van der Waals surface area contributed by atoms with Crippen LogP contribution in [0.5, 0.6) is 23.0 Å². The first-order chi connectivity index (χ1) is 58.0. The molecule has 0 unspecified atom stereocenters. The molecule has 0 radical (unpaired) electrons. The van der Waals surface area contributed by atoms with Gasteiger partial charge in [0.1, 0.15) is 63.8 Å². The lowest BCUT2D eigenvalue weighted by Gasteiger charge is -2.26. The van der Waals surface area contributed by atoms with Crippen LogP contribution in [0.4, 0.5) is 23.1 Å². The number of benzene rings is 5. The number of ether oxygens (including phenoxy) is 4. The molecule has 124 heavy (non-hydrogen) atoms. The number of nitrogens with zero attached hydrogens (tertiary/aromatic N) is 12. The molecule has 0 bridgehead atoms. The number of H-pyrrole nitrogens is 1. The molecule has 2 saturated heterocycles. The number of carboxylic acid groups (broad SMARTS) is 2. The molecule has 2 aliphatic heterocycles. The molecule has 676 valence electrons. The van der Waals surface area contributed by atoms with Crippen molar-refractivity contribution in [2.45, 2.75) is 73.0 Å². The summed E-state index contributed by atoms with van der Waals surface area (Å²) < 4.78 is 69.3. The van der Waals surface area contributed by atoms with E-state index in [0.717, 1.165) is 139 Å². The molecule has 0 amide bonds. The van der Waals surface area contributed by atoms with Gasteiger partial charge in [0.25, 0.3) is 0 Å². The third kappa shape index (κ3) is 45.9. The van der Waals surface area contributed by atoms with E-state index in [2.05, 4.69) is 136 Å². The van der Waals surface area contributed by atoms with E-state index >= 15 is 0 Å². The first-order valence-electron chi connectivity index (χ1n) is 36.8. The highest BCUT2D eigenvalue weighted by Gasteiger charge is 2.15. The lowest BCUT2D eigenvalue weighted by molar-refractivity contribution is -0.147. The third-order valence-electron chi connectivity index (χ3n) is 15.2. The van der Waals surface area contributed by atoms with Gasteiger partial charge in [-0.15, -0.1) is 34.2 Å². The maximum atomic E-state index is 9.57. The number of aliphatic carboxylic acids is 2. The van der Waals surface area contributed by atoms with E-state index in [4.69, 9.17) is 139 Å². The highest BCUT2D eigenvalue weighted by atomic mass is 36.0. The van der Waals surface area contributed by atoms with Gasteiger partial charge in [-0.05, 0) is 176 Å². The van der Waals surface area contributed by atoms with Crippen LogP contribution in [-0.4, -0.2) is 220 Å². The van der Waals surface area contributed by atoms with Crippen molar-refractivity contribution in [2.24, 2.45) is 4.74 Å². The van der Waals surface area contributed by atoms with Crippen molar-refractivity contribution in [3.63, 3.8) is 0 Å². The Labute approximate surface area is 775 Å². The molecule has 32 nitrogen and oxygen atoms in total. The fourth-order valence-corrected chi connectivity index (χ4v) is 12.0. The molecule has 0 aliphatic carbocycles. The molecule has 12 aromatic rings. The highest BCUT2D eigenvalue weighted by Crippen LogP contribution is 2.61. The fraction of sp³-hybridized carbons (Fsp3) is 0.321. The number of hydrogen-bond donors (Lipinski definition) is 11. The zero-order valence-electron chi connectivity index (χ0n) is 68.3. The second-order valence-corrected chi connectivity index (χ2v) is 37.1. The number of nitrogens with one attached hydrogen (secondary N) is 4. The number of pyridine rings is 4. The summed E-state index contributed by atoms with van der Waals surface area (Å²) in [5.74, 6) is 3.78. The Bertz CT molecular complexity index is 5380. The van der Waals surface area contributed by atoms with Gasteiger partial charge in [0.2, 0.25) is 0 Å². The van der Waals surface area contributed by atoms with Crippen LogP contribution in [0.2, 0.25) is 30.4 Å². The maximum Gasteiger partial charge on any atom is 0.394 e. The number of aromatic amines is 1. The van der Waals surface area contributed by atoms with Gasteiger partial charge in [-0.2, -0.15) is 13.5 Å². The molecule has 5 aromatic carbocycles. The van der Waals surface area contributed by atoms with Crippen LogP contribution in [0.15, 0.2) is 163 Å². The van der Waals surface area contributed by atoms with Gasteiger partial charge in [0, 0.05) is 158 Å². The minimum absolute atomic E-state index is 0. The fourth-order valence-electron chi connectivity index (χ4n) is 10.2. The number of aromatic nitrogens is 10. The number of alkyl halides is 1. The number of phenols is 2. The van der Waals surface area contributed by atoms with Gasteiger partial charge in [-0.25, -0.2) is 29.3 Å². The zero-order chi connectivity index (χ0) is 91.5. The standard InChI is InChI=1S/C21H26ClN5O2.C15H15ClN4O.C10H7Cl2NO.C9H5Cl2NO.C7H9N.C6H12ClNO.C6H11N3.C3H4O4.CH4NP.Cl3OP.ClH.H2O4S/c1-15(2)23-20-5-6-27(25-20)21-14-18(22)17-4-3-16(13-19(17)24-21)29-12-9-26-7-10-28-11-8-26;1-9(2)17-14-5-6-20(19-14)15-8-12(16)11-4-3-10(21)7-13(11)18-15;1-14-6-2-3-7-8(11)5-10(12)13-9(7)4-6;10-7-4-9(11)12-8-3-5(13)1-2-6(7)8;1-6-3-2-4-7(8)5-6;7-1-2-8-3-5-9-6-4-8;1-5(2)8-6-3-4-7-9-6;4-2(5)1-3(6)7;1-2-3;1-5(2,3)4;;1-5(2,3)4/h3-6,13-15H,7-12H2,1-2H3,(H,23,25);3-9,21H,1-2H3,(H,17,19);2-5H,1H3;1-4,13H;2-5H,8H2,1H3;1-6H2;3-5H,1-2H3,(H2,7,8,9);1H2,(H,4,5)(H,6,7);3H,1H3;;1H;(H2,1,2,3,4). The number of fused-ring (bicyclic) bond motifs is 4. The summed E-state index contributed by atoms with van der Waals surface area (Å²) >= 11 is 55.6. The molecule has 7 aromatic heterocycles. The van der Waals surface area contributed by atoms with Crippen molar-refractivity contribution in [3.8, 4) is 34.6 Å². The van der Waals surface area contributed by atoms with Gasteiger partial charge in [-0.3, -0.25) is 42.9 Å². The van der Waals surface area contributed by atoms with E-state index in [1.54, 1.807) is 84.3 Å². The van der Waals surface area contributed by atoms with Gasteiger partial charge in [0.15, 0.2) is 11.6 Å². The SMILES string of the molecule is CC(C)Nc1ccn(-c2cc(Cl)c3ccc(O)cc3n2)n1.CC(C)Nc1ccn(-c2cc(Cl)c3ccc(OCCN4CCOCC4)cc3n2)n1.CC(C)Nc1ccn[nH]1.CN=P.COc1ccc2c(Cl)cc(Cl)nc2c1.Cc1cccc(N)c1.Cl.ClCCN1CCOCC1.O=C(O)CC(=O)O.O=P(Cl)(Cl)Cl.O=S(=O)(O)O.Oc1ccc2c(Cl)cc(Cl)nc2c1. The average molecular weight is 2000 g/mol. The number of aryl methyl sites for hydroxylation is 1. The first kappa shape index (κ1) is 110. The average Bonchev–Trinajstić information content (AvgIpc) is 1.40. The normalized spacial score (nSPS) is 12.2. The van der Waals surface area contributed by atoms with Crippen LogP contribution < -0.4 is 31.2 Å². The predicted octanol–water partition coefficient (Wildman–Crippen LogP) is 20.4. The van der Waals surface area contributed by atoms with Gasteiger partial charge in [-0.1, -0.05) is 81.7 Å². The largest absolute Gasteiger partial charge is 0.508 e. The van der Waals surface area contributed by atoms with Crippen LogP contribution in [-0.2, 0) is 34.0 Å². The Morgan fingerprint density at radius 2 is 0.984 bits per heavy atom. The van der Waals surface area contributed by atoms with Crippen molar-refractivity contribution >= 4 is 231 Å². The summed E-state index contributed by atoms with van der Waals surface area (Å²) in [5, 5.41) is 62.5. The topological polar surface area (TPSA) is 440 Å². The molecule has 2 fully saturated rings. The summed E-state index contributed by atoms with van der Waals surface area (Å²) in [6, 6.07) is 42.4. The molecule has 46 heteroatoms. The van der Waals surface area contributed by atoms with E-state index in [1.807, 2.05) is 112 Å². The number of morpholine rings is 2. The Hall–Kier alpha value is -8.06. The summed E-state index contributed by atoms with van der Waals surface area (Å²) in [4.78, 5) is 40.9. The zero-order valence-corrected chi connectivity index (χ0v) is 79.4. The quantitative estimate of drug-likeness (QED) is 0.0101. The number of nitrogens with two attached hydrogens (primary N) is 1. The van der Waals surface area contributed by atoms with Crippen molar-refractivity contribution < 1.29 is 71.1 Å². The van der Waals surface area contributed by atoms with Gasteiger partial charge in [0.05, 0.1) is 81.9 Å². The van der Waals surface area contributed by atoms with Crippen molar-refractivity contribution in [1.29, 1.82) is 0 Å². The molecule has 14 rings (SSSR count). The first-order valence-corrected chi connectivity index (χ1v) is 45.8. The minimum atomic E-state index is -4.67. The monoisotopic (exact) mass is 1990 g/mol. The van der Waals surface area contributed by atoms with Gasteiger partial charge < -0.3 is 61.1 Å². The molecular weight excluding hydrogens is 1900 g/mol. The smallest absolute Gasteiger partial charge is 0.394 e. The van der Waals surface area contributed by atoms with Crippen LogP contribution in [0.1, 0.15) is 53.5 Å². The number of rotatable bonds is 17. The third-order valence-corrected chi connectivity index (χ3v) is 17.0. The summed E-state index contributed by atoms with van der Waals surface area (Å²) in [7, 11) is 1.41. The number of carbonyl (C=O) groups is 2. The number of phenolic OH excluding ortho intramolecular Hbond substituents is 2. The number of hydrogen-bond acceptors (Lipinski definition) is 25. The van der Waals surface area contributed by atoms with Crippen LogP contribution in [0, 0.1) is 6.92 Å². The van der Waals surface area contributed by atoms with E-state index < -0.39 is 34.0 Å². The predicted molar refractivity (Wildman–Crippen MR) is 505 cm³/mol. The molecule has 2 aliphatic rings. The van der Waals surface area contributed by atoms with Crippen molar-refractivity contribution in [2.75, 3.05) is 114 Å². The number of anilines is 4. The summed E-state index contributed by atoms with van der Waals surface area (Å²) in [5.41, 5.74) is 10.3. The number of carboxylic acids is 2. The van der Waals surface area contributed by atoms with Crippen LogP contribution in [0.25, 0.3) is 55.2 Å². The van der Waals surface area contributed by atoms with Crippen molar-refractivity contribution in [1.82, 2.24) is 59.5 Å². The highest BCUT2D eigenvalue weighted by molar-refractivity contribution is 8.24. The molecular formula is C78H96Cl11N17O15P2S. The number of aromatic hydroxyl groups is 2. The lowest BCUT2D eigenvalue weighted by atomic mass is 10.2. The lowest BCUT2D eigenvalue weighted by Crippen LogP contribution is -2.38. The Morgan fingerprint density at radius 3 is 1.35 bits per heavy atom. The van der Waals surface area contributed by atoms with E-state index in [1.165, 1.54) is 11.6 Å². The van der Waals surface area contributed by atoms with Gasteiger partial charge >= 0.3 is 27.5 Å². The van der Waals surface area contributed by atoms with Crippen molar-refractivity contribution in [3.05, 3.63) is 194 Å². The molecule has 0 spiro atoms. The summed E-state index contributed by atoms with van der Waals surface area (Å²) in [6.07, 6.45) is 4.61. The number of nitrogen functional groups attached to an aromatic ring is 1. The molecule has 0 saturated carbocycles.